The number of hydrogen-bond donors (Lipinski definition) is 2. The second-order valence-electron chi connectivity index (χ2n) is 9.21. The molecule has 1 aliphatic heterocycles. The minimum absolute atomic E-state index is 0.00768. The highest BCUT2D eigenvalue weighted by atomic mass is 16.2. The van der Waals surface area contributed by atoms with Crippen molar-refractivity contribution in [1.82, 2.24) is 29.7 Å². The number of fused-ring (bicyclic) bond motifs is 1. The lowest BCUT2D eigenvalue weighted by Gasteiger charge is -2.44. The van der Waals surface area contributed by atoms with Crippen LogP contribution in [-0.2, 0) is 5.54 Å². The molecule has 4 heterocycles. The number of nitrogens with one attached hydrogen (secondary N) is 2. The molecule has 0 spiro atoms. The molecule has 8 nitrogen and oxygen atoms in total. The molecule has 8 heteroatoms. The van der Waals surface area contributed by atoms with Crippen molar-refractivity contribution in [2.45, 2.75) is 44.6 Å². The summed E-state index contributed by atoms with van der Waals surface area (Å²) in [6.07, 6.45) is 11.2. The van der Waals surface area contributed by atoms with Gasteiger partial charge in [-0.15, -0.1) is 0 Å². The first-order valence-electron chi connectivity index (χ1n) is 11.7. The van der Waals surface area contributed by atoms with E-state index in [1.165, 1.54) is 12.0 Å². The van der Waals surface area contributed by atoms with E-state index in [0.29, 0.717) is 17.5 Å². The summed E-state index contributed by atoms with van der Waals surface area (Å²) in [5.41, 5.74) is 3.90. The maximum absolute atomic E-state index is 13.0. The van der Waals surface area contributed by atoms with Crippen LogP contribution in [0.15, 0.2) is 36.7 Å². The highest BCUT2D eigenvalue weighted by Crippen LogP contribution is 2.45. The third-order valence-corrected chi connectivity index (χ3v) is 7.02. The number of aromatic nitrogens is 4. The Balaban J connectivity index is 1.49. The average molecular weight is 446 g/mol. The molecule has 0 saturated heterocycles. The maximum Gasteiger partial charge on any atom is 0.270 e. The predicted octanol–water partition coefficient (Wildman–Crippen LogP) is 3.94. The van der Waals surface area contributed by atoms with Gasteiger partial charge in [0.2, 0.25) is 5.95 Å². The molecule has 1 saturated carbocycles. The van der Waals surface area contributed by atoms with E-state index in [4.69, 9.17) is 4.98 Å². The summed E-state index contributed by atoms with van der Waals surface area (Å²) in [6, 6.07) is 5.98. The quantitative estimate of drug-likeness (QED) is 0.598. The van der Waals surface area contributed by atoms with Crippen LogP contribution in [0.3, 0.4) is 0 Å². The van der Waals surface area contributed by atoms with Crippen molar-refractivity contribution in [3.63, 3.8) is 0 Å². The fourth-order valence-electron chi connectivity index (χ4n) is 4.89. The number of nitrogens with zero attached hydrogens (tertiary/aromatic N) is 5. The third-order valence-electron chi connectivity index (χ3n) is 7.02. The summed E-state index contributed by atoms with van der Waals surface area (Å²) in [5, 5.41) is 7.46. The van der Waals surface area contributed by atoms with Gasteiger partial charge in [-0.05, 0) is 68.0 Å². The fourth-order valence-corrected chi connectivity index (χ4v) is 4.89. The highest BCUT2D eigenvalue weighted by molar-refractivity contribution is 5.98. The molecule has 1 amide bonds. The monoisotopic (exact) mass is 445 g/mol. The Morgan fingerprint density at radius 3 is 2.70 bits per heavy atom. The lowest BCUT2D eigenvalue weighted by Crippen LogP contribution is -2.42. The van der Waals surface area contributed by atoms with Crippen LogP contribution in [0, 0.1) is 0 Å². The molecule has 1 aliphatic carbocycles. The Morgan fingerprint density at radius 2 is 2.09 bits per heavy atom. The van der Waals surface area contributed by atoms with Gasteiger partial charge in [-0.1, -0.05) is 13.0 Å². The summed E-state index contributed by atoms with van der Waals surface area (Å²) < 4.78 is 2.17. The van der Waals surface area contributed by atoms with Gasteiger partial charge in [0.1, 0.15) is 17.2 Å². The molecule has 33 heavy (non-hydrogen) atoms. The second kappa shape index (κ2) is 8.59. The largest absolute Gasteiger partial charge is 0.343 e. The van der Waals surface area contributed by atoms with Gasteiger partial charge in [0.05, 0.1) is 0 Å². The first kappa shape index (κ1) is 21.6. The minimum atomic E-state index is -0.0587. The zero-order chi connectivity index (χ0) is 23.0. The van der Waals surface area contributed by atoms with Gasteiger partial charge < -0.3 is 20.1 Å². The molecule has 0 atom stereocenters. The van der Waals surface area contributed by atoms with E-state index in [1.807, 2.05) is 18.3 Å². The Hall–Kier alpha value is -3.26. The lowest BCUT2D eigenvalue weighted by atomic mass is 9.74. The minimum Gasteiger partial charge on any atom is -0.343 e. The van der Waals surface area contributed by atoms with E-state index < -0.39 is 0 Å². The summed E-state index contributed by atoms with van der Waals surface area (Å²) >= 11 is 0. The fraction of sp³-hybridized carbons (Fsp3) is 0.440. The zero-order valence-electron chi connectivity index (χ0n) is 19.6. The summed E-state index contributed by atoms with van der Waals surface area (Å²) in [4.78, 5) is 28.6. The molecule has 1 fully saturated rings. The van der Waals surface area contributed by atoms with Crippen molar-refractivity contribution in [2.75, 3.05) is 32.5 Å². The number of carbonyl (C=O) groups is 1. The van der Waals surface area contributed by atoms with Crippen LogP contribution >= 0.6 is 0 Å². The van der Waals surface area contributed by atoms with E-state index >= 15 is 0 Å². The van der Waals surface area contributed by atoms with Gasteiger partial charge in [-0.3, -0.25) is 4.79 Å². The van der Waals surface area contributed by atoms with Crippen LogP contribution in [-0.4, -0.2) is 57.5 Å². The molecule has 0 aromatic carbocycles. The third kappa shape index (κ3) is 3.88. The summed E-state index contributed by atoms with van der Waals surface area (Å²) in [5.74, 6) is 1.17. The molecule has 0 radical (unpaired) electrons. The molecular formula is C25H31N7O. The lowest BCUT2D eigenvalue weighted by molar-refractivity contribution is 0.0780. The van der Waals surface area contributed by atoms with E-state index in [2.05, 4.69) is 44.2 Å². The first-order valence-corrected chi connectivity index (χ1v) is 11.7. The number of amides is 1. The van der Waals surface area contributed by atoms with Crippen molar-refractivity contribution >= 4 is 34.3 Å². The Labute approximate surface area is 194 Å². The van der Waals surface area contributed by atoms with Crippen molar-refractivity contribution in [3.8, 4) is 0 Å². The van der Waals surface area contributed by atoms with Crippen LogP contribution in [0.2, 0.25) is 0 Å². The van der Waals surface area contributed by atoms with Gasteiger partial charge in [-0.25, -0.2) is 9.97 Å². The number of anilines is 2. The van der Waals surface area contributed by atoms with Crippen molar-refractivity contribution in [2.24, 2.45) is 0 Å². The van der Waals surface area contributed by atoms with Gasteiger partial charge >= 0.3 is 0 Å². The Bertz CT molecular complexity index is 1200. The van der Waals surface area contributed by atoms with Crippen LogP contribution in [0.25, 0.3) is 16.6 Å². The molecule has 2 N–H and O–H groups in total. The Kier molecular flexibility index (Phi) is 5.62. The van der Waals surface area contributed by atoms with E-state index in [1.54, 1.807) is 25.2 Å². The molecule has 3 aromatic heterocycles. The van der Waals surface area contributed by atoms with E-state index in [0.717, 1.165) is 55.4 Å². The molecule has 172 valence electrons. The van der Waals surface area contributed by atoms with Crippen LogP contribution in [0.1, 0.15) is 55.1 Å². The molecular weight excluding hydrogens is 414 g/mol. The van der Waals surface area contributed by atoms with E-state index in [-0.39, 0.29) is 11.4 Å². The topological polar surface area (TPSA) is 88.0 Å². The van der Waals surface area contributed by atoms with Gasteiger partial charge in [-0.2, -0.15) is 4.98 Å². The van der Waals surface area contributed by atoms with Gasteiger partial charge in [0.25, 0.3) is 5.91 Å². The van der Waals surface area contributed by atoms with Crippen LogP contribution < -0.4 is 10.6 Å². The van der Waals surface area contributed by atoms with Crippen LogP contribution in [0.4, 0.5) is 11.8 Å². The molecule has 3 aromatic rings. The van der Waals surface area contributed by atoms with Gasteiger partial charge in [0, 0.05) is 44.0 Å². The standard InChI is InChI=1S/C25H31N7O/c1-4-25(10-5-11-25)32-20(23(33)31(2)3)14-19-16-28-24(30-22(19)32)29-21-7-6-18(15-27-21)17-8-12-26-13-9-17/h6-8,14-16,26H,4-5,9-13H2,1-3H3,(H,27,28,29,30). The Morgan fingerprint density at radius 1 is 1.24 bits per heavy atom. The molecule has 2 aliphatic rings. The van der Waals surface area contributed by atoms with Crippen LogP contribution in [0.5, 0.6) is 0 Å². The maximum atomic E-state index is 13.0. The number of hydrogen-bond acceptors (Lipinski definition) is 6. The van der Waals surface area contributed by atoms with Crippen molar-refractivity contribution < 1.29 is 4.79 Å². The predicted molar refractivity (Wildman–Crippen MR) is 131 cm³/mol. The average Bonchev–Trinajstić information content (AvgIpc) is 3.18. The van der Waals surface area contributed by atoms with Crippen molar-refractivity contribution in [3.05, 3.63) is 47.9 Å². The van der Waals surface area contributed by atoms with Gasteiger partial charge in [0.15, 0.2) is 0 Å². The zero-order valence-corrected chi connectivity index (χ0v) is 19.6. The number of carbonyl (C=O) groups excluding carboxylic acids is 1. The molecule has 0 bridgehead atoms. The first-order chi connectivity index (χ1) is 16.0. The van der Waals surface area contributed by atoms with E-state index in [9.17, 15) is 4.79 Å². The molecule has 5 rings (SSSR count). The second-order valence-corrected chi connectivity index (χ2v) is 9.21. The number of pyridine rings is 1. The van der Waals surface area contributed by atoms with Crippen molar-refractivity contribution in [1.29, 1.82) is 0 Å². The SMILES string of the molecule is CCC1(n2c(C(=O)N(C)C)cc3cnc(Nc4ccc(C5=CCNCC5)cn4)nc32)CCC1. The summed E-state index contributed by atoms with van der Waals surface area (Å²) in [6.45, 7) is 4.09. The normalized spacial score (nSPS) is 17.4. The summed E-state index contributed by atoms with van der Waals surface area (Å²) in [7, 11) is 3.58. The highest BCUT2D eigenvalue weighted by Gasteiger charge is 2.41. The number of rotatable bonds is 6. The molecule has 0 unspecified atom stereocenters. The smallest absolute Gasteiger partial charge is 0.270 e.